The molecule has 1 amide bonds. The molecule has 0 radical (unpaired) electrons. The van der Waals surface area contributed by atoms with Crippen LogP contribution in [-0.2, 0) is 6.18 Å². The van der Waals surface area contributed by atoms with Crippen molar-refractivity contribution in [3.63, 3.8) is 0 Å². The smallest absolute Gasteiger partial charge is 0.337 e. The molecule has 1 atom stereocenters. The van der Waals surface area contributed by atoms with E-state index in [-0.39, 0.29) is 16.5 Å². The highest BCUT2D eigenvalue weighted by Crippen LogP contribution is 2.32. The summed E-state index contributed by atoms with van der Waals surface area (Å²) in [7, 11) is 0. The number of nitrogens with zero attached hydrogens (tertiary/aromatic N) is 1. The topological polar surface area (TPSA) is 58.4 Å². The normalized spacial score (nSPS) is 19.5. The zero-order valence-corrected chi connectivity index (χ0v) is 12.2. The molecule has 4 nitrogen and oxygen atoms in total. The zero-order valence-electron chi connectivity index (χ0n) is 11.4. The van der Waals surface area contributed by atoms with Crippen molar-refractivity contribution in [1.82, 2.24) is 4.90 Å². The Kier molecular flexibility index (Phi) is 4.67. The highest BCUT2D eigenvalue weighted by atomic mass is 32.2. The third kappa shape index (κ3) is 3.62. The molecule has 1 unspecified atom stereocenters. The summed E-state index contributed by atoms with van der Waals surface area (Å²) in [6, 6.07) is 2.93. The van der Waals surface area contributed by atoms with E-state index in [2.05, 4.69) is 5.43 Å². The lowest BCUT2D eigenvalue weighted by Crippen LogP contribution is -2.41. The predicted octanol–water partition coefficient (Wildman–Crippen LogP) is 2.57. The molecule has 8 heteroatoms. The van der Waals surface area contributed by atoms with Crippen LogP contribution in [0.3, 0.4) is 0 Å². The van der Waals surface area contributed by atoms with Crippen LogP contribution in [0, 0.1) is 0 Å². The number of nitrogens with two attached hydrogens (primary N) is 1. The molecule has 1 aromatic carbocycles. The van der Waals surface area contributed by atoms with Gasteiger partial charge in [0.05, 0.1) is 16.8 Å². The van der Waals surface area contributed by atoms with Crippen LogP contribution >= 0.6 is 11.8 Å². The van der Waals surface area contributed by atoms with Gasteiger partial charge in [-0.25, -0.2) is 0 Å². The van der Waals surface area contributed by atoms with Crippen LogP contribution in [0.4, 0.5) is 18.9 Å². The fourth-order valence-electron chi connectivity index (χ4n) is 2.20. The first-order valence-corrected chi connectivity index (χ1v) is 7.46. The maximum atomic E-state index is 12.8. The highest BCUT2D eigenvalue weighted by molar-refractivity contribution is 7.99. The van der Waals surface area contributed by atoms with E-state index in [9.17, 15) is 18.0 Å². The number of rotatable bonds is 2. The molecule has 0 spiro atoms. The average molecular weight is 319 g/mol. The minimum atomic E-state index is -4.49. The van der Waals surface area contributed by atoms with E-state index >= 15 is 0 Å². The van der Waals surface area contributed by atoms with Gasteiger partial charge in [-0.1, -0.05) is 6.92 Å². The van der Waals surface area contributed by atoms with E-state index in [0.29, 0.717) is 13.1 Å². The number of nitrogens with one attached hydrogen (secondary N) is 1. The molecular formula is C13H16F3N3OS. The number of halogens is 3. The summed E-state index contributed by atoms with van der Waals surface area (Å²) in [4.78, 5) is 14.0. The Balaban J connectivity index is 2.34. The number of carbonyl (C=O) groups excluding carboxylic acids is 1. The van der Waals surface area contributed by atoms with Gasteiger partial charge in [-0.15, -0.1) is 0 Å². The summed E-state index contributed by atoms with van der Waals surface area (Å²) >= 11 is 1.74. The number of carbonyl (C=O) groups is 1. The summed E-state index contributed by atoms with van der Waals surface area (Å²) in [5.41, 5.74) is 1.57. The van der Waals surface area contributed by atoms with Crippen molar-refractivity contribution in [2.75, 3.05) is 24.3 Å². The molecule has 1 heterocycles. The van der Waals surface area contributed by atoms with Gasteiger partial charge < -0.3 is 10.3 Å². The number of benzene rings is 1. The van der Waals surface area contributed by atoms with Crippen molar-refractivity contribution in [3.8, 4) is 0 Å². The highest BCUT2D eigenvalue weighted by Gasteiger charge is 2.33. The van der Waals surface area contributed by atoms with Crippen LogP contribution in [0.25, 0.3) is 0 Å². The number of thioether (sulfide) groups is 1. The average Bonchev–Trinajstić information content (AvgIpc) is 2.44. The van der Waals surface area contributed by atoms with Crippen LogP contribution in [0.15, 0.2) is 18.2 Å². The first-order chi connectivity index (χ1) is 9.82. The van der Waals surface area contributed by atoms with Crippen molar-refractivity contribution >= 4 is 23.4 Å². The van der Waals surface area contributed by atoms with E-state index < -0.39 is 17.6 Å². The lowest BCUT2D eigenvalue weighted by molar-refractivity contribution is -0.137. The molecule has 21 heavy (non-hydrogen) atoms. The van der Waals surface area contributed by atoms with Crippen molar-refractivity contribution in [3.05, 3.63) is 29.3 Å². The quantitative estimate of drug-likeness (QED) is 0.650. The standard InChI is InChI=1S/C13H16F3N3OS/c1-8-7-19(4-5-21-8)12(20)10-6-9(13(14,15)16)2-3-11(10)18-17/h2-3,6,8,18H,4-5,7,17H2,1H3. The molecule has 0 aliphatic carbocycles. The van der Waals surface area contributed by atoms with E-state index in [0.717, 1.165) is 17.9 Å². The Bertz CT molecular complexity index is 536. The largest absolute Gasteiger partial charge is 0.416 e. The summed E-state index contributed by atoms with van der Waals surface area (Å²) in [6.07, 6.45) is -4.49. The number of hydrogen-bond donors (Lipinski definition) is 2. The molecule has 0 saturated carbocycles. The Morgan fingerprint density at radius 2 is 2.19 bits per heavy atom. The molecule has 116 valence electrons. The van der Waals surface area contributed by atoms with Gasteiger partial charge in [-0.05, 0) is 18.2 Å². The molecular weight excluding hydrogens is 303 g/mol. The molecule has 1 aliphatic heterocycles. The van der Waals surface area contributed by atoms with E-state index in [1.165, 1.54) is 6.07 Å². The zero-order chi connectivity index (χ0) is 15.6. The van der Waals surface area contributed by atoms with Gasteiger partial charge in [0.25, 0.3) is 5.91 Å². The first kappa shape index (κ1) is 16.0. The van der Waals surface area contributed by atoms with Gasteiger partial charge in [-0.3, -0.25) is 10.6 Å². The lowest BCUT2D eigenvalue weighted by atomic mass is 10.1. The number of amides is 1. The van der Waals surface area contributed by atoms with Crippen molar-refractivity contribution < 1.29 is 18.0 Å². The monoisotopic (exact) mass is 319 g/mol. The second kappa shape index (κ2) is 6.15. The van der Waals surface area contributed by atoms with Gasteiger partial charge >= 0.3 is 6.18 Å². The number of nitrogen functional groups attached to an aromatic ring is 1. The summed E-state index contributed by atoms with van der Waals surface area (Å²) in [5.74, 6) is 5.64. The Morgan fingerprint density at radius 3 is 2.76 bits per heavy atom. The van der Waals surface area contributed by atoms with Crippen molar-refractivity contribution in [2.45, 2.75) is 18.3 Å². The Hall–Kier alpha value is -1.41. The minimum absolute atomic E-state index is 0.0496. The second-order valence-corrected chi connectivity index (χ2v) is 6.38. The minimum Gasteiger partial charge on any atom is -0.337 e. The van der Waals surface area contributed by atoms with Crippen LogP contribution in [0.5, 0.6) is 0 Å². The molecule has 1 saturated heterocycles. The molecule has 0 aromatic heterocycles. The molecule has 1 aromatic rings. The van der Waals surface area contributed by atoms with Gasteiger partial charge in [-0.2, -0.15) is 24.9 Å². The fraction of sp³-hybridized carbons (Fsp3) is 0.462. The third-order valence-corrected chi connectivity index (χ3v) is 4.40. The van der Waals surface area contributed by atoms with Gasteiger partial charge in [0.1, 0.15) is 0 Å². The Morgan fingerprint density at radius 1 is 1.48 bits per heavy atom. The Labute approximate surface area is 124 Å². The van der Waals surface area contributed by atoms with E-state index in [4.69, 9.17) is 5.84 Å². The van der Waals surface area contributed by atoms with Gasteiger partial charge in [0.2, 0.25) is 0 Å². The summed E-state index contributed by atoms with van der Waals surface area (Å²) in [6.45, 7) is 3.02. The van der Waals surface area contributed by atoms with Crippen molar-refractivity contribution in [1.29, 1.82) is 0 Å². The first-order valence-electron chi connectivity index (χ1n) is 6.41. The third-order valence-electron chi connectivity index (χ3n) is 3.26. The van der Waals surface area contributed by atoms with Crippen LogP contribution in [0.1, 0.15) is 22.8 Å². The molecule has 1 fully saturated rings. The summed E-state index contributed by atoms with van der Waals surface area (Å²) < 4.78 is 38.4. The second-order valence-electron chi connectivity index (χ2n) is 4.84. The van der Waals surface area contributed by atoms with Crippen LogP contribution in [-0.4, -0.2) is 34.9 Å². The summed E-state index contributed by atoms with van der Waals surface area (Å²) in [5, 5.41) is 0.266. The number of hydrogen-bond acceptors (Lipinski definition) is 4. The number of anilines is 1. The number of alkyl halides is 3. The van der Waals surface area contributed by atoms with Gasteiger partial charge in [0.15, 0.2) is 0 Å². The SMILES string of the molecule is CC1CN(C(=O)c2cc(C(F)(F)F)ccc2NN)CCS1. The molecule has 2 rings (SSSR count). The van der Waals surface area contributed by atoms with Gasteiger partial charge in [0, 0.05) is 24.1 Å². The predicted molar refractivity (Wildman–Crippen MR) is 77.1 cm³/mol. The van der Waals surface area contributed by atoms with Crippen molar-refractivity contribution in [2.24, 2.45) is 5.84 Å². The van der Waals surface area contributed by atoms with Crippen LogP contribution in [0.2, 0.25) is 0 Å². The van der Waals surface area contributed by atoms with Crippen LogP contribution < -0.4 is 11.3 Å². The maximum absolute atomic E-state index is 12.8. The molecule has 1 aliphatic rings. The van der Waals surface area contributed by atoms with E-state index in [1.54, 1.807) is 16.7 Å². The molecule has 3 N–H and O–H groups in total. The maximum Gasteiger partial charge on any atom is 0.416 e. The fourth-order valence-corrected chi connectivity index (χ4v) is 3.21. The lowest BCUT2D eigenvalue weighted by Gasteiger charge is -2.31. The number of hydrazine groups is 1. The van der Waals surface area contributed by atoms with E-state index in [1.807, 2.05) is 6.92 Å². The molecule has 0 bridgehead atoms.